The number of amides is 1. The Morgan fingerprint density at radius 2 is 1.79 bits per heavy atom. The molecule has 4 heteroatoms. The number of hydrogen-bond donors (Lipinski definition) is 1. The molecule has 0 radical (unpaired) electrons. The fourth-order valence-electron chi connectivity index (χ4n) is 2.54. The Morgan fingerprint density at radius 3 is 2.46 bits per heavy atom. The molecule has 0 aliphatic rings. The van der Waals surface area contributed by atoms with Gasteiger partial charge in [0.05, 0.1) is 5.56 Å². The van der Waals surface area contributed by atoms with Gasteiger partial charge in [0.2, 0.25) is 0 Å². The molecule has 0 aliphatic carbocycles. The van der Waals surface area contributed by atoms with Crippen molar-refractivity contribution in [2.24, 2.45) is 0 Å². The molecule has 118 valence electrons. The number of carbonyl (C=O) groups is 1. The minimum Gasteiger partial charge on any atom is -0.347 e. The number of aromatic nitrogens is 1. The second-order valence-electron chi connectivity index (χ2n) is 5.56. The molecular formula is C20H17N3O. The molecule has 0 aliphatic heterocycles. The van der Waals surface area contributed by atoms with Gasteiger partial charge in [0.1, 0.15) is 11.8 Å². The zero-order chi connectivity index (χ0) is 16.9. The van der Waals surface area contributed by atoms with Crippen LogP contribution >= 0.6 is 0 Å². The lowest BCUT2D eigenvalue weighted by molar-refractivity contribution is 0.0944. The van der Waals surface area contributed by atoms with Crippen LogP contribution in [0.3, 0.4) is 0 Å². The maximum atomic E-state index is 12.6. The van der Waals surface area contributed by atoms with Crippen molar-refractivity contribution in [1.29, 1.82) is 5.26 Å². The molecule has 0 fully saturated rings. The number of rotatable bonds is 4. The minimum atomic E-state index is -0.263. The predicted molar refractivity (Wildman–Crippen MR) is 92.8 cm³/mol. The van der Waals surface area contributed by atoms with E-state index in [9.17, 15) is 10.1 Å². The van der Waals surface area contributed by atoms with Gasteiger partial charge in [0.15, 0.2) is 0 Å². The fraction of sp³-hybridized carbons (Fsp3) is 0.100. The van der Waals surface area contributed by atoms with Crippen LogP contribution in [0, 0.1) is 18.3 Å². The van der Waals surface area contributed by atoms with E-state index in [1.807, 2.05) is 61.5 Å². The molecule has 1 amide bonds. The first-order valence-electron chi connectivity index (χ1n) is 7.69. The van der Waals surface area contributed by atoms with Crippen molar-refractivity contribution in [3.8, 4) is 11.8 Å². The molecule has 2 aromatic carbocycles. The van der Waals surface area contributed by atoms with E-state index in [1.165, 1.54) is 0 Å². The van der Waals surface area contributed by atoms with E-state index in [4.69, 9.17) is 0 Å². The Balaban J connectivity index is 1.89. The Hall–Kier alpha value is -3.32. The molecular weight excluding hydrogens is 298 g/mol. The molecule has 0 atom stereocenters. The lowest BCUT2D eigenvalue weighted by Gasteiger charge is -2.11. The summed E-state index contributed by atoms with van der Waals surface area (Å²) < 4.78 is 1.75. The van der Waals surface area contributed by atoms with Crippen molar-refractivity contribution >= 4 is 5.91 Å². The van der Waals surface area contributed by atoms with Crippen LogP contribution in [-0.2, 0) is 6.54 Å². The zero-order valence-electron chi connectivity index (χ0n) is 13.4. The van der Waals surface area contributed by atoms with Crippen LogP contribution in [0.2, 0.25) is 0 Å². The van der Waals surface area contributed by atoms with E-state index >= 15 is 0 Å². The molecule has 24 heavy (non-hydrogen) atoms. The minimum absolute atomic E-state index is 0.263. The van der Waals surface area contributed by atoms with Gasteiger partial charge in [-0.1, -0.05) is 48.0 Å². The van der Waals surface area contributed by atoms with E-state index < -0.39 is 0 Å². The van der Waals surface area contributed by atoms with Crippen molar-refractivity contribution in [3.63, 3.8) is 0 Å². The lowest BCUT2D eigenvalue weighted by atomic mass is 10.2. The third kappa shape index (κ3) is 3.21. The monoisotopic (exact) mass is 315 g/mol. The maximum Gasteiger partial charge on any atom is 0.269 e. The molecule has 0 saturated heterocycles. The van der Waals surface area contributed by atoms with Gasteiger partial charge < -0.3 is 9.88 Å². The van der Waals surface area contributed by atoms with Crippen molar-refractivity contribution in [2.45, 2.75) is 13.5 Å². The van der Waals surface area contributed by atoms with E-state index in [0.29, 0.717) is 17.8 Å². The standard InChI is InChI=1S/C20H17N3O/c1-15-7-9-18(10-8-15)23-12-11-17(13-21)19(23)20(24)22-14-16-5-3-2-4-6-16/h2-12H,14H2,1H3,(H,22,24). The molecule has 1 N–H and O–H groups in total. The first-order chi connectivity index (χ1) is 11.7. The van der Waals surface area contributed by atoms with Gasteiger partial charge in [0.25, 0.3) is 5.91 Å². The highest BCUT2D eigenvalue weighted by Crippen LogP contribution is 2.18. The van der Waals surface area contributed by atoms with Crippen molar-refractivity contribution in [3.05, 3.63) is 89.2 Å². The van der Waals surface area contributed by atoms with Crippen LogP contribution < -0.4 is 5.32 Å². The third-order valence-electron chi connectivity index (χ3n) is 3.83. The average molecular weight is 315 g/mol. The quantitative estimate of drug-likeness (QED) is 0.800. The number of aryl methyl sites for hydroxylation is 1. The first-order valence-corrected chi connectivity index (χ1v) is 7.69. The number of hydrogen-bond acceptors (Lipinski definition) is 2. The van der Waals surface area contributed by atoms with E-state index in [0.717, 1.165) is 16.8 Å². The molecule has 0 saturated carbocycles. The topological polar surface area (TPSA) is 57.8 Å². The second kappa shape index (κ2) is 6.84. The zero-order valence-corrected chi connectivity index (χ0v) is 13.4. The number of carbonyl (C=O) groups excluding carboxylic acids is 1. The molecule has 1 heterocycles. The Morgan fingerprint density at radius 1 is 1.08 bits per heavy atom. The fourth-order valence-corrected chi connectivity index (χ4v) is 2.54. The number of benzene rings is 2. The number of nitrogens with one attached hydrogen (secondary N) is 1. The highest BCUT2D eigenvalue weighted by atomic mass is 16.1. The number of nitrogens with zero attached hydrogens (tertiary/aromatic N) is 2. The normalized spacial score (nSPS) is 10.2. The largest absolute Gasteiger partial charge is 0.347 e. The molecule has 4 nitrogen and oxygen atoms in total. The highest BCUT2D eigenvalue weighted by Gasteiger charge is 2.18. The van der Waals surface area contributed by atoms with Crippen LogP contribution in [0.1, 0.15) is 27.2 Å². The predicted octanol–water partition coefficient (Wildman–Crippen LogP) is 3.59. The highest BCUT2D eigenvalue weighted by molar-refractivity contribution is 5.95. The van der Waals surface area contributed by atoms with Gasteiger partial charge in [-0.15, -0.1) is 0 Å². The van der Waals surface area contributed by atoms with Gasteiger partial charge in [-0.2, -0.15) is 5.26 Å². The summed E-state index contributed by atoms with van der Waals surface area (Å²) >= 11 is 0. The third-order valence-corrected chi connectivity index (χ3v) is 3.83. The Bertz CT molecular complexity index is 887. The molecule has 3 rings (SSSR count). The molecule has 0 unspecified atom stereocenters. The summed E-state index contributed by atoms with van der Waals surface area (Å²) in [5, 5.41) is 12.2. The van der Waals surface area contributed by atoms with Crippen LogP contribution in [0.5, 0.6) is 0 Å². The molecule has 1 aromatic heterocycles. The molecule has 3 aromatic rings. The van der Waals surface area contributed by atoms with Crippen molar-refractivity contribution < 1.29 is 4.79 Å². The van der Waals surface area contributed by atoms with Gasteiger partial charge in [-0.25, -0.2) is 0 Å². The maximum absolute atomic E-state index is 12.6. The van der Waals surface area contributed by atoms with Gasteiger partial charge in [-0.3, -0.25) is 4.79 Å². The lowest BCUT2D eigenvalue weighted by Crippen LogP contribution is -2.26. The SMILES string of the molecule is Cc1ccc(-n2ccc(C#N)c2C(=O)NCc2ccccc2)cc1. The smallest absolute Gasteiger partial charge is 0.269 e. The van der Waals surface area contributed by atoms with Gasteiger partial charge in [0, 0.05) is 18.4 Å². The van der Waals surface area contributed by atoms with Crippen molar-refractivity contribution in [1.82, 2.24) is 9.88 Å². The summed E-state index contributed by atoms with van der Waals surface area (Å²) in [5.41, 5.74) is 3.73. The Labute approximate surface area is 141 Å². The van der Waals surface area contributed by atoms with E-state index in [1.54, 1.807) is 16.8 Å². The summed E-state index contributed by atoms with van der Waals surface area (Å²) in [5.74, 6) is -0.263. The van der Waals surface area contributed by atoms with Crippen LogP contribution in [0.25, 0.3) is 5.69 Å². The average Bonchev–Trinajstić information content (AvgIpc) is 3.05. The summed E-state index contributed by atoms with van der Waals surface area (Å²) in [6, 6.07) is 21.3. The van der Waals surface area contributed by atoms with Gasteiger partial charge in [-0.05, 0) is 30.7 Å². The molecule has 0 bridgehead atoms. The van der Waals surface area contributed by atoms with Crippen LogP contribution in [0.15, 0.2) is 66.9 Å². The summed E-state index contributed by atoms with van der Waals surface area (Å²) in [6.45, 7) is 2.43. The number of nitriles is 1. The van der Waals surface area contributed by atoms with Crippen molar-refractivity contribution in [2.75, 3.05) is 0 Å². The van der Waals surface area contributed by atoms with Crippen LogP contribution in [0.4, 0.5) is 0 Å². The van der Waals surface area contributed by atoms with E-state index in [-0.39, 0.29) is 5.91 Å². The van der Waals surface area contributed by atoms with Gasteiger partial charge >= 0.3 is 0 Å². The molecule has 0 spiro atoms. The summed E-state index contributed by atoms with van der Waals surface area (Å²) in [7, 11) is 0. The van der Waals surface area contributed by atoms with E-state index in [2.05, 4.69) is 11.4 Å². The first kappa shape index (κ1) is 15.6. The van der Waals surface area contributed by atoms with Crippen LogP contribution in [-0.4, -0.2) is 10.5 Å². The second-order valence-corrected chi connectivity index (χ2v) is 5.56. The summed E-state index contributed by atoms with van der Waals surface area (Å²) in [6.07, 6.45) is 1.75. The Kier molecular flexibility index (Phi) is 4.44. The summed E-state index contributed by atoms with van der Waals surface area (Å²) in [4.78, 5) is 12.6.